The van der Waals surface area contributed by atoms with Crippen LogP contribution >= 0.6 is 0 Å². The highest BCUT2D eigenvalue weighted by molar-refractivity contribution is 7.89. The number of carbonyl (C=O) groups is 1. The van der Waals surface area contributed by atoms with E-state index in [1.807, 2.05) is 6.92 Å². The molecule has 3 heterocycles. The molecule has 1 fully saturated rings. The van der Waals surface area contributed by atoms with Gasteiger partial charge in [0.2, 0.25) is 10.0 Å². The molecule has 0 spiro atoms. The second-order valence-corrected chi connectivity index (χ2v) is 8.10. The van der Waals surface area contributed by atoms with Gasteiger partial charge in [-0.2, -0.15) is 9.40 Å². The van der Waals surface area contributed by atoms with Gasteiger partial charge in [-0.15, -0.1) is 0 Å². The summed E-state index contributed by atoms with van der Waals surface area (Å²) >= 11 is 0. The number of hydrogen-bond donors (Lipinski definition) is 0. The lowest BCUT2D eigenvalue weighted by atomic mass is 10.3. The Balaban J connectivity index is 1.70. The third-order valence-corrected chi connectivity index (χ3v) is 6.20. The van der Waals surface area contributed by atoms with E-state index in [2.05, 4.69) is 10.1 Å². The Morgan fingerprint density at radius 2 is 1.89 bits per heavy atom. The molecular formula is C17H21N5O4S. The number of rotatable bonds is 5. The van der Waals surface area contributed by atoms with Crippen LogP contribution in [-0.4, -0.2) is 64.5 Å². The van der Waals surface area contributed by atoms with Gasteiger partial charge >= 0.3 is 0 Å². The fraction of sp³-hybridized carbons (Fsp3) is 0.412. The zero-order valence-electron chi connectivity index (χ0n) is 15.0. The van der Waals surface area contributed by atoms with Crippen molar-refractivity contribution >= 4 is 15.9 Å². The number of aromatic nitrogens is 3. The van der Waals surface area contributed by atoms with Crippen LogP contribution in [0.4, 0.5) is 0 Å². The van der Waals surface area contributed by atoms with E-state index < -0.39 is 10.0 Å². The first-order valence-corrected chi connectivity index (χ1v) is 10.1. The molecular weight excluding hydrogens is 370 g/mol. The van der Waals surface area contributed by atoms with Gasteiger partial charge in [-0.1, -0.05) is 6.92 Å². The molecule has 144 valence electrons. The van der Waals surface area contributed by atoms with E-state index in [-0.39, 0.29) is 48.2 Å². The van der Waals surface area contributed by atoms with E-state index in [4.69, 9.17) is 0 Å². The van der Waals surface area contributed by atoms with Crippen LogP contribution in [0.3, 0.4) is 0 Å². The molecule has 0 atom stereocenters. The largest absolute Gasteiger partial charge is 0.335 e. The molecule has 1 aliphatic heterocycles. The summed E-state index contributed by atoms with van der Waals surface area (Å²) in [5.41, 5.74) is -0.0626. The molecule has 0 radical (unpaired) electrons. The van der Waals surface area contributed by atoms with Crippen LogP contribution in [-0.2, 0) is 16.6 Å². The zero-order valence-corrected chi connectivity index (χ0v) is 15.8. The molecule has 1 saturated heterocycles. The van der Waals surface area contributed by atoms with Gasteiger partial charge in [0.15, 0.2) is 0 Å². The molecule has 1 amide bonds. The second-order valence-electron chi connectivity index (χ2n) is 6.16. The minimum absolute atomic E-state index is 0.137. The summed E-state index contributed by atoms with van der Waals surface area (Å²) in [5.74, 6) is -0.307. The highest BCUT2D eigenvalue weighted by Crippen LogP contribution is 2.17. The number of nitrogens with zero attached hydrogens (tertiary/aromatic N) is 5. The number of piperazine rings is 1. The summed E-state index contributed by atoms with van der Waals surface area (Å²) in [6, 6.07) is 5.82. The minimum Gasteiger partial charge on any atom is -0.335 e. The van der Waals surface area contributed by atoms with Crippen molar-refractivity contribution < 1.29 is 13.2 Å². The predicted molar refractivity (Wildman–Crippen MR) is 97.7 cm³/mol. The van der Waals surface area contributed by atoms with E-state index in [0.29, 0.717) is 6.54 Å². The number of sulfonamides is 1. The Kier molecular flexibility index (Phi) is 5.66. The molecule has 27 heavy (non-hydrogen) atoms. The number of pyridine rings is 1. The third-order valence-electron chi connectivity index (χ3n) is 4.32. The molecule has 0 bridgehead atoms. The summed E-state index contributed by atoms with van der Waals surface area (Å²) in [4.78, 5) is 30.0. The first-order valence-electron chi connectivity index (χ1n) is 8.71. The molecule has 0 N–H and O–H groups in total. The smallest absolute Gasteiger partial charge is 0.274 e. The van der Waals surface area contributed by atoms with Crippen molar-refractivity contribution in [1.29, 1.82) is 0 Å². The highest BCUT2D eigenvalue weighted by Gasteiger charge is 2.31. The first kappa shape index (κ1) is 19.2. The monoisotopic (exact) mass is 391 g/mol. The quantitative estimate of drug-likeness (QED) is 0.721. The molecule has 0 unspecified atom stereocenters. The van der Waals surface area contributed by atoms with Crippen LogP contribution in [0, 0.1) is 0 Å². The van der Waals surface area contributed by atoms with Crippen molar-refractivity contribution in [2.75, 3.05) is 26.2 Å². The molecule has 3 rings (SSSR count). The Bertz CT molecular complexity index is 966. The Hall–Kier alpha value is -2.59. The van der Waals surface area contributed by atoms with E-state index in [9.17, 15) is 18.0 Å². The van der Waals surface area contributed by atoms with Gasteiger partial charge in [0.1, 0.15) is 10.6 Å². The molecule has 0 aromatic carbocycles. The van der Waals surface area contributed by atoms with Crippen molar-refractivity contribution in [3.8, 4) is 0 Å². The molecule has 0 saturated carbocycles. The molecule has 1 aliphatic rings. The van der Waals surface area contributed by atoms with Gasteiger partial charge in [-0.25, -0.2) is 13.1 Å². The van der Waals surface area contributed by atoms with Crippen LogP contribution < -0.4 is 5.56 Å². The SMILES string of the molecule is CCCn1nc(C(=O)N2CCN(S(=O)(=O)c3cccnc3)CC2)ccc1=O. The Morgan fingerprint density at radius 3 is 2.52 bits per heavy atom. The zero-order chi connectivity index (χ0) is 19.4. The molecule has 2 aromatic rings. The molecule has 10 heteroatoms. The number of hydrogen-bond acceptors (Lipinski definition) is 6. The second kappa shape index (κ2) is 7.97. The van der Waals surface area contributed by atoms with Gasteiger partial charge in [-0.3, -0.25) is 14.6 Å². The van der Waals surface area contributed by atoms with Crippen molar-refractivity contribution in [1.82, 2.24) is 24.0 Å². The molecule has 0 aliphatic carbocycles. The standard InChI is InChI=1S/C17H21N5O4S/c1-2-8-22-16(23)6-5-15(19-22)17(24)20-9-11-21(12-10-20)27(25,26)14-4-3-7-18-13-14/h3-7,13H,2,8-12H2,1H3. The fourth-order valence-corrected chi connectivity index (χ4v) is 4.26. The van der Waals surface area contributed by atoms with Crippen molar-refractivity contribution in [2.45, 2.75) is 24.8 Å². The summed E-state index contributed by atoms with van der Waals surface area (Å²) in [6.45, 7) is 3.26. The maximum Gasteiger partial charge on any atom is 0.274 e. The fourth-order valence-electron chi connectivity index (χ4n) is 2.88. The van der Waals surface area contributed by atoms with E-state index in [1.54, 1.807) is 11.0 Å². The lowest BCUT2D eigenvalue weighted by Crippen LogP contribution is -2.50. The number of amides is 1. The first-order chi connectivity index (χ1) is 12.9. The summed E-state index contributed by atoms with van der Waals surface area (Å²) in [6.07, 6.45) is 3.56. The summed E-state index contributed by atoms with van der Waals surface area (Å²) < 4.78 is 27.9. The Morgan fingerprint density at radius 1 is 1.15 bits per heavy atom. The van der Waals surface area contributed by atoms with Crippen molar-refractivity contribution in [2.24, 2.45) is 0 Å². The summed E-state index contributed by atoms with van der Waals surface area (Å²) in [5, 5.41) is 4.13. The minimum atomic E-state index is -3.62. The Labute approximate surface area is 157 Å². The van der Waals surface area contributed by atoms with Crippen molar-refractivity contribution in [3.05, 3.63) is 52.7 Å². The van der Waals surface area contributed by atoms with Crippen LogP contribution in [0.1, 0.15) is 23.8 Å². The van der Waals surface area contributed by atoms with E-state index >= 15 is 0 Å². The topological polar surface area (TPSA) is 105 Å². The number of carbonyl (C=O) groups excluding carboxylic acids is 1. The summed E-state index contributed by atoms with van der Waals surface area (Å²) in [7, 11) is -3.62. The molecule has 9 nitrogen and oxygen atoms in total. The maximum absolute atomic E-state index is 12.7. The van der Waals surface area contributed by atoms with E-state index in [1.165, 1.54) is 39.6 Å². The van der Waals surface area contributed by atoms with Crippen LogP contribution in [0.15, 0.2) is 46.3 Å². The van der Waals surface area contributed by atoms with Gasteiger partial charge < -0.3 is 4.90 Å². The van der Waals surface area contributed by atoms with Crippen LogP contribution in [0.5, 0.6) is 0 Å². The number of aryl methyl sites for hydroxylation is 1. The van der Waals surface area contributed by atoms with E-state index in [0.717, 1.165) is 6.42 Å². The van der Waals surface area contributed by atoms with Gasteiger partial charge in [0, 0.05) is 51.2 Å². The van der Waals surface area contributed by atoms with Crippen molar-refractivity contribution in [3.63, 3.8) is 0 Å². The normalized spacial score (nSPS) is 15.7. The highest BCUT2D eigenvalue weighted by atomic mass is 32.2. The van der Waals surface area contributed by atoms with Gasteiger partial charge in [-0.05, 0) is 24.6 Å². The average Bonchev–Trinajstić information content (AvgIpc) is 2.70. The molecule has 2 aromatic heterocycles. The maximum atomic E-state index is 12.7. The van der Waals surface area contributed by atoms with Crippen LogP contribution in [0.25, 0.3) is 0 Å². The van der Waals surface area contributed by atoms with Gasteiger partial charge in [0.05, 0.1) is 0 Å². The lowest BCUT2D eigenvalue weighted by Gasteiger charge is -2.33. The van der Waals surface area contributed by atoms with Crippen LogP contribution in [0.2, 0.25) is 0 Å². The van der Waals surface area contributed by atoms with Gasteiger partial charge in [0.25, 0.3) is 11.5 Å². The third kappa shape index (κ3) is 4.06. The average molecular weight is 391 g/mol. The lowest BCUT2D eigenvalue weighted by molar-refractivity contribution is 0.0689. The predicted octanol–water partition coefficient (Wildman–Crippen LogP) is 0.195.